The van der Waals surface area contributed by atoms with Gasteiger partial charge in [0.1, 0.15) is 0 Å². The Kier molecular flexibility index (Phi) is 6.65. The molecular formula is C5H13O3P. The molecule has 9 heavy (non-hydrogen) atoms. The summed E-state index contributed by atoms with van der Waals surface area (Å²) in [4.78, 5) is 0. The topological polar surface area (TPSA) is 49.7 Å². The molecule has 0 spiro atoms. The molecule has 0 aromatic heterocycles. The molecule has 4 heteroatoms. The summed E-state index contributed by atoms with van der Waals surface area (Å²) in [5.74, 6) is 0. The van der Waals surface area contributed by atoms with E-state index in [0.29, 0.717) is 6.61 Å². The van der Waals surface area contributed by atoms with E-state index < -0.39 is 6.03 Å². The van der Waals surface area contributed by atoms with Crippen molar-refractivity contribution >= 4 is 8.81 Å². The van der Waals surface area contributed by atoms with Gasteiger partial charge in [0.15, 0.2) is 6.03 Å². The highest BCUT2D eigenvalue weighted by atomic mass is 31.1. The van der Waals surface area contributed by atoms with Crippen LogP contribution in [-0.2, 0) is 4.52 Å². The van der Waals surface area contributed by atoms with Gasteiger partial charge in [-0.3, -0.25) is 0 Å². The Morgan fingerprint density at radius 1 is 1.56 bits per heavy atom. The number of unbranched alkanes of at least 4 members (excludes halogenated alkanes) is 1. The van der Waals surface area contributed by atoms with Gasteiger partial charge in [0, 0.05) is 0 Å². The standard InChI is InChI=1S/C5H13O3P/c1-2-3-4-8-9-5(6)7/h5-7,9H,2-4H2,1H3. The van der Waals surface area contributed by atoms with E-state index in [2.05, 4.69) is 6.92 Å². The van der Waals surface area contributed by atoms with E-state index in [1.807, 2.05) is 0 Å². The second-order valence-corrected chi connectivity index (χ2v) is 2.73. The van der Waals surface area contributed by atoms with Gasteiger partial charge in [-0.15, -0.1) is 0 Å². The summed E-state index contributed by atoms with van der Waals surface area (Å²) in [5, 5.41) is 16.6. The molecule has 0 aliphatic rings. The van der Waals surface area contributed by atoms with E-state index in [0.717, 1.165) is 12.8 Å². The predicted molar refractivity (Wildman–Crippen MR) is 37.4 cm³/mol. The first kappa shape index (κ1) is 9.31. The van der Waals surface area contributed by atoms with Crippen LogP contribution in [0.2, 0.25) is 0 Å². The molecule has 0 amide bonds. The van der Waals surface area contributed by atoms with Crippen LogP contribution in [0.5, 0.6) is 0 Å². The zero-order valence-corrected chi connectivity index (χ0v) is 6.50. The number of aliphatic hydroxyl groups excluding tert-OH is 1. The van der Waals surface area contributed by atoms with Crippen LogP contribution in [0.3, 0.4) is 0 Å². The largest absolute Gasteiger partial charge is 0.363 e. The smallest absolute Gasteiger partial charge is 0.193 e. The van der Waals surface area contributed by atoms with Crippen LogP contribution in [0.25, 0.3) is 0 Å². The number of hydrogen-bond donors (Lipinski definition) is 2. The highest BCUT2D eigenvalue weighted by Gasteiger charge is 1.94. The van der Waals surface area contributed by atoms with E-state index in [1.54, 1.807) is 0 Å². The third-order valence-electron chi connectivity index (χ3n) is 0.789. The van der Waals surface area contributed by atoms with Crippen molar-refractivity contribution in [2.75, 3.05) is 6.61 Å². The summed E-state index contributed by atoms with van der Waals surface area (Å²) in [5.41, 5.74) is 0. The summed E-state index contributed by atoms with van der Waals surface area (Å²) < 4.78 is 4.86. The van der Waals surface area contributed by atoms with Crippen molar-refractivity contribution in [1.82, 2.24) is 0 Å². The summed E-state index contributed by atoms with van der Waals surface area (Å²) in [6, 6.07) is -1.29. The van der Waals surface area contributed by atoms with Gasteiger partial charge in [0.05, 0.1) is 15.4 Å². The SMILES string of the molecule is CCCCOPC(O)O. The van der Waals surface area contributed by atoms with Crippen molar-refractivity contribution in [3.05, 3.63) is 0 Å². The third kappa shape index (κ3) is 8.31. The normalized spacial score (nSPS) is 12.0. The Morgan fingerprint density at radius 3 is 2.67 bits per heavy atom. The van der Waals surface area contributed by atoms with Crippen molar-refractivity contribution in [2.45, 2.75) is 25.8 Å². The molecule has 0 aromatic rings. The van der Waals surface area contributed by atoms with Gasteiger partial charge in [-0.1, -0.05) is 13.3 Å². The van der Waals surface area contributed by atoms with Gasteiger partial charge in [0.25, 0.3) is 0 Å². The Hall–Kier alpha value is 0.310. The lowest BCUT2D eigenvalue weighted by Gasteiger charge is -2.02. The molecule has 0 aliphatic heterocycles. The minimum absolute atomic E-state index is 0.190. The second kappa shape index (κ2) is 6.43. The third-order valence-corrected chi connectivity index (χ3v) is 1.37. The van der Waals surface area contributed by atoms with Crippen molar-refractivity contribution < 1.29 is 14.7 Å². The fraction of sp³-hybridized carbons (Fsp3) is 1.00. The summed E-state index contributed by atoms with van der Waals surface area (Å²) in [6.45, 7) is 2.69. The molecule has 0 bridgehead atoms. The molecular weight excluding hydrogens is 139 g/mol. The predicted octanol–water partition coefficient (Wildman–Crippen LogP) is 0.665. The van der Waals surface area contributed by atoms with Gasteiger partial charge in [-0.2, -0.15) is 0 Å². The number of aliphatic hydroxyl groups is 2. The molecule has 0 saturated heterocycles. The Labute approximate surface area is 56.9 Å². The first-order chi connectivity index (χ1) is 4.27. The highest BCUT2D eigenvalue weighted by Crippen LogP contribution is 2.15. The molecule has 3 nitrogen and oxygen atoms in total. The summed E-state index contributed by atoms with van der Waals surface area (Å²) in [7, 11) is -0.190. The van der Waals surface area contributed by atoms with Crippen LogP contribution in [0.4, 0.5) is 0 Å². The molecule has 0 rings (SSSR count). The lowest BCUT2D eigenvalue weighted by atomic mass is 10.4. The molecule has 56 valence electrons. The van der Waals surface area contributed by atoms with Crippen LogP contribution in [0.15, 0.2) is 0 Å². The van der Waals surface area contributed by atoms with Crippen molar-refractivity contribution in [3.8, 4) is 0 Å². The zero-order valence-electron chi connectivity index (χ0n) is 5.50. The molecule has 0 aliphatic carbocycles. The Balaban J connectivity index is 2.75. The van der Waals surface area contributed by atoms with E-state index in [4.69, 9.17) is 14.7 Å². The van der Waals surface area contributed by atoms with Gasteiger partial charge < -0.3 is 14.7 Å². The minimum atomic E-state index is -1.29. The molecule has 1 unspecified atom stereocenters. The van der Waals surface area contributed by atoms with Gasteiger partial charge >= 0.3 is 0 Å². The Morgan fingerprint density at radius 2 is 2.22 bits per heavy atom. The quantitative estimate of drug-likeness (QED) is 0.345. The van der Waals surface area contributed by atoms with Crippen LogP contribution >= 0.6 is 8.81 Å². The summed E-state index contributed by atoms with van der Waals surface area (Å²) >= 11 is 0. The van der Waals surface area contributed by atoms with Crippen LogP contribution in [0.1, 0.15) is 19.8 Å². The van der Waals surface area contributed by atoms with Crippen LogP contribution in [0, 0.1) is 0 Å². The molecule has 1 atom stereocenters. The molecule has 2 N–H and O–H groups in total. The van der Waals surface area contributed by atoms with Crippen molar-refractivity contribution in [3.63, 3.8) is 0 Å². The first-order valence-corrected chi connectivity index (χ1v) is 3.99. The van der Waals surface area contributed by atoms with Crippen LogP contribution < -0.4 is 0 Å². The Bertz CT molecular complexity index is 58.2. The van der Waals surface area contributed by atoms with E-state index in [1.165, 1.54) is 0 Å². The van der Waals surface area contributed by atoms with E-state index in [-0.39, 0.29) is 8.81 Å². The number of rotatable bonds is 5. The number of hydrogen-bond acceptors (Lipinski definition) is 3. The lowest BCUT2D eigenvalue weighted by molar-refractivity contribution is 0.0286. The maximum Gasteiger partial charge on any atom is 0.193 e. The first-order valence-electron chi connectivity index (χ1n) is 3.00. The van der Waals surface area contributed by atoms with E-state index >= 15 is 0 Å². The average Bonchev–Trinajstić information content (AvgIpc) is 1.80. The lowest BCUT2D eigenvalue weighted by Crippen LogP contribution is -1.96. The minimum Gasteiger partial charge on any atom is -0.363 e. The monoisotopic (exact) mass is 152 g/mol. The fourth-order valence-electron chi connectivity index (χ4n) is 0.350. The maximum absolute atomic E-state index is 8.29. The fourth-order valence-corrected chi connectivity index (χ4v) is 0.761. The molecule has 0 heterocycles. The second-order valence-electron chi connectivity index (χ2n) is 1.69. The molecule has 0 fully saturated rings. The zero-order chi connectivity index (χ0) is 7.11. The van der Waals surface area contributed by atoms with Gasteiger partial charge in [0.2, 0.25) is 0 Å². The van der Waals surface area contributed by atoms with Gasteiger partial charge in [-0.05, 0) is 6.42 Å². The molecule has 0 aromatic carbocycles. The van der Waals surface area contributed by atoms with Crippen LogP contribution in [-0.4, -0.2) is 22.9 Å². The average molecular weight is 152 g/mol. The van der Waals surface area contributed by atoms with Crippen molar-refractivity contribution in [1.29, 1.82) is 0 Å². The van der Waals surface area contributed by atoms with E-state index in [9.17, 15) is 0 Å². The molecule has 0 saturated carbocycles. The molecule has 0 radical (unpaired) electrons. The van der Waals surface area contributed by atoms with Crippen molar-refractivity contribution in [2.24, 2.45) is 0 Å². The highest BCUT2D eigenvalue weighted by molar-refractivity contribution is 7.32. The maximum atomic E-state index is 8.29. The van der Waals surface area contributed by atoms with Gasteiger partial charge in [-0.25, -0.2) is 0 Å². The summed E-state index contributed by atoms with van der Waals surface area (Å²) in [6.07, 6.45) is 2.06.